The summed E-state index contributed by atoms with van der Waals surface area (Å²) in [4.78, 5) is 12.4. The maximum Gasteiger partial charge on any atom is 0.431 e. The molecule has 2 aromatic carbocycles. The van der Waals surface area contributed by atoms with Gasteiger partial charge in [0.25, 0.3) is 0 Å². The van der Waals surface area contributed by atoms with Crippen LogP contribution in [0.25, 0.3) is 0 Å². The van der Waals surface area contributed by atoms with E-state index in [-0.39, 0.29) is 12.8 Å². The van der Waals surface area contributed by atoms with Gasteiger partial charge in [0.15, 0.2) is 6.29 Å². The third-order valence-electron chi connectivity index (χ3n) is 7.11. The summed E-state index contributed by atoms with van der Waals surface area (Å²) in [6, 6.07) is 11.6. The molecule has 2 bridgehead atoms. The minimum absolute atomic E-state index is 0.120. The number of carbonyl (C=O) groups excluding carboxylic acids is 1. The van der Waals surface area contributed by atoms with Crippen LogP contribution in [0.4, 0.5) is 17.6 Å². The molecule has 0 radical (unpaired) electrons. The van der Waals surface area contributed by atoms with E-state index in [4.69, 9.17) is 18.8 Å². The molecule has 14 heteroatoms. The normalized spacial score (nSPS) is 29.4. The van der Waals surface area contributed by atoms with Gasteiger partial charge in [-0.1, -0.05) is 6.07 Å². The van der Waals surface area contributed by atoms with Gasteiger partial charge in [-0.3, -0.25) is 4.55 Å². The Labute approximate surface area is 236 Å². The average Bonchev–Trinajstić information content (AvgIpc) is 3.52. The number of carbonyl (C=O) groups is 1. The summed E-state index contributed by atoms with van der Waals surface area (Å²) in [6.07, 6.45) is -2.78. The number of alkyl halides is 4. The SMILES string of the molecule is O=C(Oc1ccc(C2OC3C4CC(C3O2)C(C(F)(F)C(F)(F)S(=O)(=O)O)C4)cc1I)c1ccc(I)cc1. The largest absolute Gasteiger partial charge is 0.431 e. The highest BCUT2D eigenvalue weighted by Gasteiger charge is 2.74. The number of rotatable bonds is 6. The lowest BCUT2D eigenvalue weighted by Crippen LogP contribution is -2.55. The lowest BCUT2D eigenvalue weighted by molar-refractivity contribution is -0.210. The van der Waals surface area contributed by atoms with Crippen LogP contribution < -0.4 is 4.74 Å². The molecule has 3 aliphatic rings. The summed E-state index contributed by atoms with van der Waals surface area (Å²) in [6.45, 7) is 0. The Morgan fingerprint density at radius 2 is 1.65 bits per heavy atom. The van der Waals surface area contributed by atoms with Gasteiger partial charge in [0.05, 0.1) is 21.3 Å². The van der Waals surface area contributed by atoms with Gasteiger partial charge in [0.2, 0.25) is 0 Å². The second kappa shape index (κ2) is 9.53. The Hall–Kier alpha value is -1.08. The van der Waals surface area contributed by atoms with E-state index < -0.39 is 63.5 Å². The summed E-state index contributed by atoms with van der Waals surface area (Å²) in [5.74, 6) is -8.84. The summed E-state index contributed by atoms with van der Waals surface area (Å²) in [5, 5.41) is -5.62. The molecule has 6 unspecified atom stereocenters. The summed E-state index contributed by atoms with van der Waals surface area (Å²) in [5.41, 5.74) is 0.885. The van der Waals surface area contributed by atoms with Gasteiger partial charge in [0, 0.05) is 15.1 Å². The predicted molar refractivity (Wildman–Crippen MR) is 137 cm³/mol. The predicted octanol–water partition coefficient (Wildman–Crippen LogP) is 5.67. The van der Waals surface area contributed by atoms with E-state index in [0.29, 0.717) is 20.4 Å². The number of benzene rings is 2. The molecule has 7 nitrogen and oxygen atoms in total. The monoisotopic (exact) mass is 768 g/mol. The van der Waals surface area contributed by atoms with Crippen LogP contribution in [-0.4, -0.2) is 42.3 Å². The van der Waals surface area contributed by atoms with E-state index in [1.165, 1.54) is 0 Å². The van der Waals surface area contributed by atoms with Gasteiger partial charge in [-0.2, -0.15) is 26.0 Å². The Kier molecular flexibility index (Phi) is 7.08. The molecule has 5 rings (SSSR count). The van der Waals surface area contributed by atoms with E-state index in [1.807, 2.05) is 22.6 Å². The Bertz CT molecular complexity index is 1340. The summed E-state index contributed by atoms with van der Waals surface area (Å²) < 4.78 is 107. The fraction of sp³-hybridized carbons (Fsp3) is 0.435. The van der Waals surface area contributed by atoms with Crippen molar-refractivity contribution in [3.8, 4) is 5.75 Å². The van der Waals surface area contributed by atoms with Crippen LogP contribution in [0.2, 0.25) is 0 Å². The van der Waals surface area contributed by atoms with Crippen LogP contribution >= 0.6 is 45.2 Å². The van der Waals surface area contributed by atoms with Crippen LogP contribution in [-0.2, 0) is 19.6 Å². The molecule has 2 saturated carbocycles. The fourth-order valence-electron chi connectivity index (χ4n) is 5.39. The van der Waals surface area contributed by atoms with Crippen LogP contribution in [0, 0.1) is 24.9 Å². The highest BCUT2D eigenvalue weighted by atomic mass is 127. The fourth-order valence-corrected chi connectivity index (χ4v) is 6.90. The number of ether oxygens (including phenoxy) is 3. The van der Waals surface area contributed by atoms with Crippen molar-refractivity contribution in [3.63, 3.8) is 0 Å². The standard InChI is InChI=1S/C23H18F4I2O7S/c24-22(25,23(26,27)37(31,32)33)15-8-12-7-14(15)19-18(12)35-21(36-19)11-3-6-17(16(29)9-11)34-20(30)10-1-4-13(28)5-2-10/h1-6,9,12,14-15,18-19,21H,7-8H2,(H,31,32,33). The Morgan fingerprint density at radius 1 is 1.00 bits per heavy atom. The van der Waals surface area contributed by atoms with Crippen LogP contribution in [0.3, 0.4) is 0 Å². The van der Waals surface area contributed by atoms with Crippen LogP contribution in [0.1, 0.15) is 35.1 Å². The van der Waals surface area contributed by atoms with Gasteiger partial charge in [-0.15, -0.1) is 0 Å². The first-order valence-electron chi connectivity index (χ1n) is 11.0. The Morgan fingerprint density at radius 3 is 2.27 bits per heavy atom. The lowest BCUT2D eigenvalue weighted by atomic mass is 9.81. The minimum Gasteiger partial charge on any atom is -0.422 e. The molecule has 6 atom stereocenters. The first-order chi connectivity index (χ1) is 17.2. The number of hydrogen-bond donors (Lipinski definition) is 1. The molecule has 1 heterocycles. The van der Waals surface area contributed by atoms with E-state index in [1.54, 1.807) is 42.5 Å². The molecule has 200 valence electrons. The summed E-state index contributed by atoms with van der Waals surface area (Å²) >= 11 is 4.08. The molecule has 2 aromatic rings. The van der Waals surface area contributed by atoms with Crippen molar-refractivity contribution < 1.29 is 49.5 Å². The van der Waals surface area contributed by atoms with Crippen molar-refractivity contribution in [2.24, 2.45) is 17.8 Å². The van der Waals surface area contributed by atoms with Crippen molar-refractivity contribution in [1.82, 2.24) is 0 Å². The highest BCUT2D eigenvalue weighted by Crippen LogP contribution is 2.62. The molecule has 1 N–H and O–H groups in total. The highest BCUT2D eigenvalue weighted by molar-refractivity contribution is 14.1. The molecule has 1 aliphatic heterocycles. The van der Waals surface area contributed by atoms with Crippen molar-refractivity contribution in [2.75, 3.05) is 0 Å². The number of hydrogen-bond acceptors (Lipinski definition) is 6. The van der Waals surface area contributed by atoms with Crippen molar-refractivity contribution in [1.29, 1.82) is 0 Å². The molecular formula is C23H18F4I2O7S. The molecule has 1 saturated heterocycles. The first-order valence-corrected chi connectivity index (χ1v) is 14.6. The Balaban J connectivity index is 1.29. The molecule has 37 heavy (non-hydrogen) atoms. The third kappa shape index (κ3) is 4.68. The van der Waals surface area contributed by atoms with Gasteiger partial charge >= 0.3 is 27.3 Å². The quantitative estimate of drug-likeness (QED) is 0.133. The zero-order valence-electron chi connectivity index (χ0n) is 18.5. The molecule has 2 aliphatic carbocycles. The van der Waals surface area contributed by atoms with E-state index in [9.17, 15) is 30.8 Å². The average molecular weight is 768 g/mol. The molecule has 0 amide bonds. The number of halogens is 6. The van der Waals surface area contributed by atoms with Crippen molar-refractivity contribution in [2.45, 2.75) is 42.5 Å². The maximum atomic E-state index is 14.7. The molecular weight excluding hydrogens is 750 g/mol. The van der Waals surface area contributed by atoms with Crippen molar-refractivity contribution in [3.05, 3.63) is 60.7 Å². The number of esters is 1. The van der Waals surface area contributed by atoms with E-state index >= 15 is 0 Å². The van der Waals surface area contributed by atoms with Gasteiger partial charge in [-0.05, 0) is 106 Å². The van der Waals surface area contributed by atoms with Crippen LogP contribution in [0.15, 0.2) is 42.5 Å². The zero-order valence-corrected chi connectivity index (χ0v) is 23.6. The summed E-state index contributed by atoms with van der Waals surface area (Å²) in [7, 11) is -6.32. The van der Waals surface area contributed by atoms with Gasteiger partial charge in [0.1, 0.15) is 5.75 Å². The van der Waals surface area contributed by atoms with Gasteiger partial charge in [-0.25, -0.2) is 4.79 Å². The first kappa shape index (κ1) is 27.5. The maximum absolute atomic E-state index is 14.7. The smallest absolute Gasteiger partial charge is 0.422 e. The van der Waals surface area contributed by atoms with Crippen molar-refractivity contribution >= 4 is 61.3 Å². The lowest BCUT2D eigenvalue weighted by Gasteiger charge is -2.36. The van der Waals surface area contributed by atoms with E-state index in [2.05, 4.69) is 22.6 Å². The molecule has 0 spiro atoms. The second-order valence-corrected chi connectivity index (χ2v) is 13.1. The minimum atomic E-state index is -6.32. The van der Waals surface area contributed by atoms with E-state index in [0.717, 1.165) is 3.57 Å². The third-order valence-corrected chi connectivity index (χ3v) is 9.59. The number of fused-ring (bicyclic) bond motifs is 5. The zero-order chi connectivity index (χ0) is 26.9. The molecule has 3 fully saturated rings. The topological polar surface area (TPSA) is 99.1 Å². The van der Waals surface area contributed by atoms with Crippen LogP contribution in [0.5, 0.6) is 5.75 Å². The molecule has 0 aromatic heterocycles. The van der Waals surface area contributed by atoms with Gasteiger partial charge < -0.3 is 14.2 Å². The second-order valence-electron chi connectivity index (χ2n) is 9.24.